The second kappa shape index (κ2) is 36.9. The smallest absolute Gasteiger partial charge is 0.341 e. The van der Waals surface area contributed by atoms with E-state index in [-0.39, 0.29) is 67.8 Å². The van der Waals surface area contributed by atoms with Crippen molar-refractivity contribution < 1.29 is 67.6 Å². The van der Waals surface area contributed by atoms with Crippen LogP contribution in [-0.2, 0) is 73.6 Å². The summed E-state index contributed by atoms with van der Waals surface area (Å²) >= 11 is 0. The van der Waals surface area contributed by atoms with Crippen molar-refractivity contribution in [2.75, 3.05) is 26.8 Å². The number of carbonyl (C=O) groups excluding carboxylic acids is 8. The van der Waals surface area contributed by atoms with E-state index >= 15 is 14.4 Å². The lowest BCUT2D eigenvalue weighted by Crippen LogP contribution is -2.60. The van der Waals surface area contributed by atoms with Crippen LogP contribution in [0.5, 0.6) is 11.5 Å². The Morgan fingerprint density at radius 3 is 1.56 bits per heavy atom. The molecular weight excluding hydrogens is 1200 g/mol. The van der Waals surface area contributed by atoms with Crippen molar-refractivity contribution in [3.8, 4) is 11.5 Å². The van der Waals surface area contributed by atoms with E-state index in [1.165, 1.54) is 45.2 Å². The Morgan fingerprint density at radius 1 is 0.564 bits per heavy atom. The van der Waals surface area contributed by atoms with Crippen LogP contribution < -0.4 is 47.1 Å². The molecule has 94 heavy (non-hydrogen) atoms. The van der Waals surface area contributed by atoms with Crippen molar-refractivity contribution in [1.82, 2.24) is 36.8 Å². The molecule has 22 nitrogen and oxygen atoms in total. The molecule has 0 spiro atoms. The minimum atomic E-state index is -1.45. The number of carbonyl (C=O) groups is 10. The minimum absolute atomic E-state index is 0.0206. The van der Waals surface area contributed by atoms with Crippen LogP contribution in [0.4, 0.5) is 0 Å². The maximum absolute atomic E-state index is 15.3. The average molecular weight is 1300 g/mol. The molecule has 0 bridgehead atoms. The molecule has 4 aromatic carbocycles. The van der Waals surface area contributed by atoms with Crippen molar-refractivity contribution >= 4 is 64.6 Å². The molecule has 4 aromatic rings. The summed E-state index contributed by atoms with van der Waals surface area (Å²) in [5, 5.41) is 35.6. The van der Waals surface area contributed by atoms with Crippen molar-refractivity contribution in [2.24, 2.45) is 23.5 Å². The summed E-state index contributed by atoms with van der Waals surface area (Å²) in [7, 11) is 1.36. The van der Waals surface area contributed by atoms with Gasteiger partial charge in [0, 0.05) is 32.2 Å². The number of carboxylic acid groups (broad SMARTS) is 2. The second-order valence-electron chi connectivity index (χ2n) is 25.2. The van der Waals surface area contributed by atoms with Crippen LogP contribution >= 0.6 is 0 Å². The van der Waals surface area contributed by atoms with Gasteiger partial charge in [-0.05, 0) is 135 Å². The molecule has 6 rings (SSSR count). The molecule has 8 atom stereocenters. The normalized spacial score (nSPS) is 15.6. The molecule has 1 saturated carbocycles. The highest BCUT2D eigenvalue weighted by atomic mass is 16.5. The van der Waals surface area contributed by atoms with Crippen molar-refractivity contribution in [3.63, 3.8) is 0 Å². The molecule has 0 radical (unpaired) electrons. The first kappa shape index (κ1) is 73.9. The summed E-state index contributed by atoms with van der Waals surface area (Å²) in [5.74, 6) is -7.38. The third-order valence-corrected chi connectivity index (χ3v) is 17.0. The van der Waals surface area contributed by atoms with Crippen LogP contribution in [0.25, 0.3) is 5.57 Å². The van der Waals surface area contributed by atoms with Gasteiger partial charge in [0.25, 0.3) is 0 Å². The second-order valence-corrected chi connectivity index (χ2v) is 25.2. The van der Waals surface area contributed by atoms with Crippen LogP contribution in [0.15, 0.2) is 115 Å². The third kappa shape index (κ3) is 24.1. The van der Waals surface area contributed by atoms with Gasteiger partial charge in [-0.25, -0.2) is 9.59 Å². The average Bonchev–Trinajstić information content (AvgIpc) is 0.871. The van der Waals surface area contributed by atoms with Crippen LogP contribution in [0, 0.1) is 24.7 Å². The van der Waals surface area contributed by atoms with Crippen molar-refractivity contribution in [2.45, 2.75) is 174 Å². The molecule has 1 fully saturated rings. The molecule has 0 saturated heterocycles. The highest BCUT2D eigenvalue weighted by Crippen LogP contribution is 2.28. The number of nitrogens with one attached hydrogen (secondary N) is 6. The lowest BCUT2D eigenvalue weighted by atomic mass is 9.84. The number of hydrogen-bond acceptors (Lipinski definition) is 13. The Hall–Kier alpha value is -9.18. The number of amides is 7. The fraction of sp³-hybridized carbons (Fsp3) is 0.472. The van der Waals surface area contributed by atoms with Gasteiger partial charge >= 0.3 is 11.9 Å². The first-order chi connectivity index (χ1) is 44.8. The van der Waals surface area contributed by atoms with Gasteiger partial charge in [-0.15, -0.1) is 0 Å². The fourth-order valence-electron chi connectivity index (χ4n) is 11.5. The first-order valence-electron chi connectivity index (χ1n) is 32.5. The van der Waals surface area contributed by atoms with E-state index in [1.807, 2.05) is 75.4 Å². The third-order valence-electron chi connectivity index (χ3n) is 17.0. The van der Waals surface area contributed by atoms with Crippen molar-refractivity contribution in [1.29, 1.82) is 0 Å². The molecule has 0 aliphatic heterocycles. The number of nitrogens with zero attached hydrogens (tertiary/aromatic N) is 1. The van der Waals surface area contributed by atoms with Gasteiger partial charge in [0.1, 0.15) is 47.8 Å². The summed E-state index contributed by atoms with van der Waals surface area (Å²) in [6, 6.07) is 19.2. The summed E-state index contributed by atoms with van der Waals surface area (Å²) in [5.41, 5.74) is 11.5. The van der Waals surface area contributed by atoms with Gasteiger partial charge in [-0.3, -0.25) is 38.4 Å². The molecule has 1 unspecified atom stereocenters. The molecule has 0 heterocycles. The van der Waals surface area contributed by atoms with Crippen LogP contribution in [0.2, 0.25) is 0 Å². The zero-order chi connectivity index (χ0) is 68.4. The topological polar surface area (TPSA) is 331 Å². The molecule has 0 aromatic heterocycles. The zero-order valence-electron chi connectivity index (χ0n) is 55.1. The molecule has 2 aliphatic carbocycles. The van der Waals surface area contributed by atoms with Gasteiger partial charge in [0.2, 0.25) is 41.4 Å². The molecule has 22 heteroatoms. The number of ether oxygens (including phenoxy) is 2. The summed E-state index contributed by atoms with van der Waals surface area (Å²) < 4.78 is 10.7. The predicted molar refractivity (Wildman–Crippen MR) is 356 cm³/mol. The minimum Gasteiger partial charge on any atom is -0.482 e. The van der Waals surface area contributed by atoms with Gasteiger partial charge < -0.3 is 62.2 Å². The fourth-order valence-corrected chi connectivity index (χ4v) is 11.5. The number of benzene rings is 4. The number of carboxylic acids is 2. The lowest BCUT2D eigenvalue weighted by Gasteiger charge is -2.32. The number of ketones is 1. The van der Waals surface area contributed by atoms with Gasteiger partial charge in [-0.1, -0.05) is 149 Å². The highest BCUT2D eigenvalue weighted by Gasteiger charge is 2.36. The lowest BCUT2D eigenvalue weighted by molar-refractivity contribution is -0.142. The summed E-state index contributed by atoms with van der Waals surface area (Å²) in [4.78, 5) is 139. The zero-order valence-corrected chi connectivity index (χ0v) is 55.1. The highest BCUT2D eigenvalue weighted by molar-refractivity contribution is 5.98. The standard InChI is InChI=1S/C72H94N8O14/c1-44(2)35-60(69(89)74-58(33-34-73)68(88)75-59(48(6)81)38-49-16-10-8-11-17-49)77-67(87)47(5)80(7)72(92)63(41-52-25-31-57(32-26-52)94-43-65(84)85)79-71(91)62(39-50-21-27-55(28-22-50)54-19-12-9-13-20-54)78-70(90)61(40-51-23-29-56(30-24-51)93-42-64(82)83)76-66(86)46(4)37-53-18-14-15-45(3)36-53/h12,14-15,18-32,36,44,46-47,49,58-63H,8-11,13,16-17,33-35,37-43,73H2,1-7H3,(H,74,89)(H,75,88)(H,76,86)(H,77,87)(H,78,90)(H,79,91)(H,82,83)(H,84,85)/t46?,47-,58-,59-,60+,61-,62-,63-/m0/s1. The Morgan fingerprint density at radius 2 is 1.05 bits per heavy atom. The largest absolute Gasteiger partial charge is 0.482 e. The predicted octanol–water partition coefficient (Wildman–Crippen LogP) is 6.27. The Kier molecular flexibility index (Phi) is 29.0. The number of aryl methyl sites for hydroxylation is 1. The Bertz CT molecular complexity index is 3310. The van der Waals surface area contributed by atoms with E-state index in [4.69, 9.17) is 15.2 Å². The maximum atomic E-state index is 15.3. The summed E-state index contributed by atoms with van der Waals surface area (Å²) in [6.07, 6.45) is 13.8. The number of Topliss-reactive ketones (excluding diaryl/α,β-unsaturated/α-hetero) is 1. The number of likely N-dealkylation sites (N-methyl/N-ethyl adjacent to an activating group) is 1. The maximum Gasteiger partial charge on any atom is 0.341 e. The molecule has 2 aliphatic rings. The SMILES string of the molecule is CC(=O)[C@H](CC1CCCCC1)NC(=O)[C@H](CCN)NC(=O)[C@@H](CC(C)C)NC(=O)[C@H](C)N(C)C(=O)[C@H](Cc1ccc(OCC(=O)O)cc1)NC(=O)[C@H](Cc1ccc(C2=CCCC=C2)cc1)NC(=O)[C@H](Cc1ccc(OCC(=O)O)cc1)NC(=O)C(C)Cc1cccc(C)c1. The van der Waals surface area contributed by atoms with Crippen LogP contribution in [-0.4, -0.2) is 143 Å². The molecule has 10 N–H and O–H groups in total. The Labute approximate surface area is 551 Å². The Balaban J connectivity index is 1.30. The van der Waals surface area contributed by atoms with Crippen LogP contribution in [0.3, 0.4) is 0 Å². The van der Waals surface area contributed by atoms with E-state index in [1.54, 1.807) is 31.2 Å². The first-order valence-corrected chi connectivity index (χ1v) is 32.5. The number of rotatable bonds is 36. The number of aliphatic carboxylic acids is 2. The van der Waals surface area contributed by atoms with E-state index in [0.29, 0.717) is 29.5 Å². The molecule has 7 amide bonds. The van der Waals surface area contributed by atoms with Gasteiger partial charge in [0.05, 0.1) is 6.04 Å². The quantitative estimate of drug-likeness (QED) is 0.0242. The van der Waals surface area contributed by atoms with Crippen LogP contribution in [0.1, 0.15) is 132 Å². The summed E-state index contributed by atoms with van der Waals surface area (Å²) in [6.45, 7) is 9.07. The number of nitrogens with two attached hydrogens (primary N) is 1. The van der Waals surface area contributed by atoms with E-state index in [0.717, 1.165) is 72.1 Å². The van der Waals surface area contributed by atoms with Gasteiger partial charge in [-0.2, -0.15) is 0 Å². The van der Waals surface area contributed by atoms with E-state index < -0.39 is 115 Å². The monoisotopic (exact) mass is 1290 g/mol. The van der Waals surface area contributed by atoms with Crippen molar-refractivity contribution in [3.05, 3.63) is 149 Å². The van der Waals surface area contributed by atoms with E-state index in [2.05, 4.69) is 44.1 Å². The van der Waals surface area contributed by atoms with E-state index in [9.17, 15) is 43.8 Å². The van der Waals surface area contributed by atoms with Gasteiger partial charge in [0.15, 0.2) is 19.0 Å². The number of allylic oxidation sites excluding steroid dienone is 4. The number of hydrogen-bond donors (Lipinski definition) is 9. The molecular formula is C72H94N8O14. The molecule has 506 valence electrons.